The zero-order valence-corrected chi connectivity index (χ0v) is 15.5. The highest BCUT2D eigenvalue weighted by Crippen LogP contribution is 2.33. The Balaban J connectivity index is 0.00000208. The van der Waals surface area contributed by atoms with Crippen LogP contribution >= 0.6 is 12.4 Å². The Bertz CT molecular complexity index is 518. The van der Waals surface area contributed by atoms with E-state index < -0.39 is 0 Å². The second-order valence-electron chi connectivity index (χ2n) is 7.49. The summed E-state index contributed by atoms with van der Waals surface area (Å²) in [6, 6.07) is 10.8. The standard InChI is InChI=1S/C20H30N2O.ClH/c1-15(17-9-3-2-4-10-17)22(14-16-7-5-8-16)20(23)13-18-11-6-12-19(18)21;/h2-4,9-10,15-16,18-19H,5-8,11-14,21H2,1H3;1H/t15?,18-,19+;/m0./s1. The summed E-state index contributed by atoms with van der Waals surface area (Å²) in [5.74, 6) is 1.38. The Morgan fingerprint density at radius 1 is 1.17 bits per heavy atom. The Hall–Kier alpha value is -1.06. The minimum Gasteiger partial charge on any atom is -0.336 e. The normalized spacial score (nSPS) is 24.8. The summed E-state index contributed by atoms with van der Waals surface area (Å²) in [5.41, 5.74) is 7.41. The van der Waals surface area contributed by atoms with Crippen molar-refractivity contribution in [3.8, 4) is 0 Å². The number of carbonyl (C=O) groups excluding carboxylic acids is 1. The highest BCUT2D eigenvalue weighted by atomic mass is 35.5. The van der Waals surface area contributed by atoms with Crippen molar-refractivity contribution in [1.29, 1.82) is 0 Å². The Labute approximate surface area is 152 Å². The molecular weight excluding hydrogens is 320 g/mol. The number of amides is 1. The molecule has 0 bridgehead atoms. The molecule has 0 saturated heterocycles. The van der Waals surface area contributed by atoms with Crippen LogP contribution < -0.4 is 5.73 Å². The molecule has 2 saturated carbocycles. The van der Waals surface area contributed by atoms with Gasteiger partial charge in [-0.2, -0.15) is 0 Å². The van der Waals surface area contributed by atoms with Crippen LogP contribution in [0.25, 0.3) is 0 Å². The van der Waals surface area contributed by atoms with Crippen LogP contribution in [-0.4, -0.2) is 23.4 Å². The molecule has 2 aliphatic rings. The maximum absolute atomic E-state index is 13.0. The third-order valence-corrected chi connectivity index (χ3v) is 5.90. The monoisotopic (exact) mass is 350 g/mol. The van der Waals surface area contributed by atoms with E-state index in [4.69, 9.17) is 5.73 Å². The highest BCUT2D eigenvalue weighted by molar-refractivity contribution is 5.85. The van der Waals surface area contributed by atoms with Crippen molar-refractivity contribution in [3.05, 3.63) is 35.9 Å². The van der Waals surface area contributed by atoms with Crippen LogP contribution in [0, 0.1) is 11.8 Å². The smallest absolute Gasteiger partial charge is 0.223 e. The number of nitrogens with two attached hydrogens (primary N) is 1. The molecule has 3 atom stereocenters. The average molecular weight is 351 g/mol. The number of halogens is 1. The van der Waals surface area contributed by atoms with Gasteiger partial charge in [0.1, 0.15) is 0 Å². The summed E-state index contributed by atoms with van der Waals surface area (Å²) in [6.07, 6.45) is 7.86. The van der Waals surface area contributed by atoms with E-state index in [1.807, 2.05) is 6.07 Å². The van der Waals surface area contributed by atoms with Crippen LogP contribution in [0.3, 0.4) is 0 Å². The first kappa shape index (κ1) is 19.3. The first-order valence-corrected chi connectivity index (χ1v) is 9.25. The first-order chi connectivity index (χ1) is 11.1. The number of rotatable bonds is 6. The van der Waals surface area contributed by atoms with Crippen LogP contribution in [0.15, 0.2) is 30.3 Å². The molecule has 0 aliphatic heterocycles. The van der Waals surface area contributed by atoms with Gasteiger partial charge in [-0.15, -0.1) is 12.4 Å². The van der Waals surface area contributed by atoms with Crippen molar-refractivity contribution in [2.45, 2.75) is 64.0 Å². The second-order valence-corrected chi connectivity index (χ2v) is 7.49. The van der Waals surface area contributed by atoms with Gasteiger partial charge in [-0.05, 0) is 50.0 Å². The Kier molecular flexibility index (Phi) is 7.12. The van der Waals surface area contributed by atoms with E-state index in [2.05, 4.69) is 36.1 Å². The number of benzene rings is 1. The van der Waals surface area contributed by atoms with Gasteiger partial charge in [-0.1, -0.05) is 43.2 Å². The molecule has 0 spiro atoms. The van der Waals surface area contributed by atoms with Gasteiger partial charge in [-0.3, -0.25) is 4.79 Å². The lowest BCUT2D eigenvalue weighted by molar-refractivity contribution is -0.135. The molecule has 3 nitrogen and oxygen atoms in total. The van der Waals surface area contributed by atoms with Gasteiger partial charge in [0.05, 0.1) is 6.04 Å². The van der Waals surface area contributed by atoms with E-state index in [0.717, 1.165) is 19.4 Å². The van der Waals surface area contributed by atoms with E-state index in [1.165, 1.54) is 31.2 Å². The molecule has 24 heavy (non-hydrogen) atoms. The molecule has 4 heteroatoms. The minimum absolute atomic E-state index is 0. The quantitative estimate of drug-likeness (QED) is 0.830. The van der Waals surface area contributed by atoms with E-state index in [-0.39, 0.29) is 24.5 Å². The van der Waals surface area contributed by atoms with Crippen molar-refractivity contribution in [2.24, 2.45) is 17.6 Å². The summed E-state index contributed by atoms with van der Waals surface area (Å²) >= 11 is 0. The molecule has 0 heterocycles. The third kappa shape index (κ3) is 4.52. The maximum Gasteiger partial charge on any atom is 0.223 e. The fourth-order valence-corrected chi connectivity index (χ4v) is 4.00. The van der Waals surface area contributed by atoms with Gasteiger partial charge in [0.15, 0.2) is 0 Å². The van der Waals surface area contributed by atoms with Crippen molar-refractivity contribution in [3.63, 3.8) is 0 Å². The predicted molar refractivity (Wildman–Crippen MR) is 101 cm³/mol. The van der Waals surface area contributed by atoms with Gasteiger partial charge < -0.3 is 10.6 Å². The molecule has 3 rings (SSSR count). The Morgan fingerprint density at radius 3 is 2.38 bits per heavy atom. The molecule has 0 radical (unpaired) electrons. The van der Waals surface area contributed by atoms with Gasteiger partial charge in [0.25, 0.3) is 0 Å². The molecule has 0 aromatic heterocycles. The van der Waals surface area contributed by atoms with Crippen molar-refractivity contribution in [1.82, 2.24) is 4.90 Å². The average Bonchev–Trinajstić information content (AvgIpc) is 2.91. The SMILES string of the molecule is CC(c1ccccc1)N(CC1CCC1)C(=O)C[C@@H]1CCC[C@H]1N.Cl. The molecular formula is C20H31ClN2O. The molecule has 1 unspecified atom stereocenters. The lowest BCUT2D eigenvalue weighted by Crippen LogP contribution is -2.41. The van der Waals surface area contributed by atoms with Crippen LogP contribution in [0.2, 0.25) is 0 Å². The van der Waals surface area contributed by atoms with Gasteiger partial charge in [0, 0.05) is 19.0 Å². The van der Waals surface area contributed by atoms with Crippen LogP contribution in [0.5, 0.6) is 0 Å². The van der Waals surface area contributed by atoms with Crippen molar-refractivity contribution < 1.29 is 4.79 Å². The maximum atomic E-state index is 13.0. The fourth-order valence-electron chi connectivity index (χ4n) is 4.00. The number of hydrogen-bond donors (Lipinski definition) is 1. The topological polar surface area (TPSA) is 46.3 Å². The van der Waals surface area contributed by atoms with E-state index in [1.54, 1.807) is 0 Å². The lowest BCUT2D eigenvalue weighted by Gasteiger charge is -2.37. The molecule has 1 amide bonds. The number of hydrogen-bond acceptors (Lipinski definition) is 2. The van der Waals surface area contributed by atoms with E-state index >= 15 is 0 Å². The van der Waals surface area contributed by atoms with Crippen LogP contribution in [-0.2, 0) is 4.79 Å². The Morgan fingerprint density at radius 2 is 1.83 bits per heavy atom. The van der Waals surface area contributed by atoms with Gasteiger partial charge >= 0.3 is 0 Å². The number of carbonyl (C=O) groups is 1. The molecule has 1 aromatic carbocycles. The molecule has 2 N–H and O–H groups in total. The summed E-state index contributed by atoms with van der Waals surface area (Å²) in [6.45, 7) is 3.08. The first-order valence-electron chi connectivity index (χ1n) is 9.25. The molecule has 1 aromatic rings. The molecule has 2 aliphatic carbocycles. The molecule has 2 fully saturated rings. The summed E-state index contributed by atoms with van der Waals surface area (Å²) in [4.78, 5) is 15.1. The van der Waals surface area contributed by atoms with Gasteiger partial charge in [0.2, 0.25) is 5.91 Å². The predicted octanol–water partition coefficient (Wildman–Crippen LogP) is 4.32. The summed E-state index contributed by atoms with van der Waals surface area (Å²) < 4.78 is 0. The van der Waals surface area contributed by atoms with E-state index in [9.17, 15) is 4.79 Å². The minimum atomic E-state index is 0. The van der Waals surface area contributed by atoms with Crippen LogP contribution in [0.1, 0.15) is 63.5 Å². The zero-order chi connectivity index (χ0) is 16.2. The second kappa shape index (κ2) is 8.87. The zero-order valence-electron chi connectivity index (χ0n) is 14.7. The van der Waals surface area contributed by atoms with E-state index in [0.29, 0.717) is 24.2 Å². The highest BCUT2D eigenvalue weighted by Gasteiger charge is 2.32. The van der Waals surface area contributed by atoms with Crippen molar-refractivity contribution >= 4 is 18.3 Å². The lowest BCUT2D eigenvalue weighted by atomic mass is 9.84. The summed E-state index contributed by atoms with van der Waals surface area (Å²) in [7, 11) is 0. The molecule has 134 valence electrons. The summed E-state index contributed by atoms with van der Waals surface area (Å²) in [5, 5.41) is 0. The van der Waals surface area contributed by atoms with Crippen LogP contribution in [0.4, 0.5) is 0 Å². The van der Waals surface area contributed by atoms with Crippen molar-refractivity contribution in [2.75, 3.05) is 6.54 Å². The largest absolute Gasteiger partial charge is 0.336 e. The third-order valence-electron chi connectivity index (χ3n) is 5.90. The van der Waals surface area contributed by atoms with Gasteiger partial charge in [-0.25, -0.2) is 0 Å². The number of nitrogens with zero attached hydrogens (tertiary/aromatic N) is 1. The fraction of sp³-hybridized carbons (Fsp3) is 0.650.